The Morgan fingerprint density at radius 1 is 0.958 bits per heavy atom. The molecule has 0 aromatic heterocycles. The molecule has 2 fully saturated rings. The van der Waals surface area contributed by atoms with Crippen molar-refractivity contribution >= 4 is 17.5 Å². The fraction of sp³-hybridized carbons (Fsp3) is 0.300. The van der Waals surface area contributed by atoms with E-state index in [0.717, 1.165) is 36.2 Å². The van der Waals surface area contributed by atoms with Crippen molar-refractivity contribution in [2.75, 3.05) is 11.4 Å². The Morgan fingerprint density at radius 2 is 1.71 bits per heavy atom. The lowest BCUT2D eigenvalue weighted by Crippen LogP contribution is -2.72. The van der Waals surface area contributed by atoms with Gasteiger partial charge < -0.3 is 9.80 Å². The van der Waals surface area contributed by atoms with Crippen LogP contribution in [-0.2, 0) is 21.5 Å². The number of fused-ring (bicyclic) bond motifs is 4. The summed E-state index contributed by atoms with van der Waals surface area (Å²) in [6.07, 6.45) is 1.91. The summed E-state index contributed by atoms with van der Waals surface area (Å²) in [4.78, 5) is 30.0. The van der Waals surface area contributed by atoms with E-state index < -0.39 is 5.41 Å². The van der Waals surface area contributed by atoms with Gasteiger partial charge in [0.05, 0.1) is 12.6 Å². The van der Waals surface area contributed by atoms with Gasteiger partial charge >= 0.3 is 0 Å². The van der Waals surface area contributed by atoms with Crippen LogP contribution >= 0.6 is 0 Å². The first-order valence-electron chi connectivity index (χ1n) is 8.51. The molecule has 2 saturated heterocycles. The van der Waals surface area contributed by atoms with Gasteiger partial charge in [0.1, 0.15) is 0 Å². The number of hydrogen-bond acceptors (Lipinski definition) is 2. The van der Waals surface area contributed by atoms with E-state index in [-0.39, 0.29) is 17.9 Å². The zero-order chi connectivity index (χ0) is 16.3. The van der Waals surface area contributed by atoms with Gasteiger partial charge in [0.25, 0.3) is 0 Å². The molecule has 2 aromatic carbocycles. The number of para-hydroxylation sites is 1. The summed E-state index contributed by atoms with van der Waals surface area (Å²) in [7, 11) is 0. The first-order valence-corrected chi connectivity index (χ1v) is 8.51. The molecule has 2 atom stereocenters. The molecular weight excluding hydrogens is 300 g/mol. The lowest BCUT2D eigenvalue weighted by atomic mass is 9.67. The number of nitrogens with zero attached hydrogens (tertiary/aromatic N) is 2. The minimum Gasteiger partial charge on any atom is -0.336 e. The normalized spacial score (nSPS) is 27.4. The summed E-state index contributed by atoms with van der Waals surface area (Å²) < 4.78 is 0. The van der Waals surface area contributed by atoms with Gasteiger partial charge in [-0.05, 0) is 24.5 Å². The molecule has 0 radical (unpaired) electrons. The Kier molecular flexibility index (Phi) is 2.70. The predicted molar refractivity (Wildman–Crippen MR) is 90.5 cm³/mol. The largest absolute Gasteiger partial charge is 0.336 e. The minimum atomic E-state index is -0.956. The Morgan fingerprint density at radius 3 is 2.54 bits per heavy atom. The number of rotatable bonds is 2. The second-order valence-electron chi connectivity index (χ2n) is 6.86. The Balaban J connectivity index is 1.62. The van der Waals surface area contributed by atoms with Crippen molar-refractivity contribution in [3.05, 3.63) is 65.7 Å². The van der Waals surface area contributed by atoms with Crippen LogP contribution in [0.4, 0.5) is 5.69 Å². The van der Waals surface area contributed by atoms with Crippen LogP contribution in [0.3, 0.4) is 0 Å². The van der Waals surface area contributed by atoms with Gasteiger partial charge in [-0.1, -0.05) is 48.5 Å². The van der Waals surface area contributed by atoms with Gasteiger partial charge in [0.15, 0.2) is 5.41 Å². The highest BCUT2D eigenvalue weighted by molar-refractivity contribution is 6.25. The summed E-state index contributed by atoms with van der Waals surface area (Å²) in [5.41, 5.74) is 1.92. The highest BCUT2D eigenvalue weighted by Gasteiger charge is 2.71. The predicted octanol–water partition coefficient (Wildman–Crippen LogP) is 2.48. The highest BCUT2D eigenvalue weighted by Crippen LogP contribution is 2.55. The summed E-state index contributed by atoms with van der Waals surface area (Å²) in [6, 6.07) is 17.8. The SMILES string of the molecule is O=C1N(Cc2ccccc2)c2ccccc2C12C(=O)N1CCC[C@H]12. The van der Waals surface area contributed by atoms with Crippen LogP contribution < -0.4 is 4.90 Å². The number of carbonyl (C=O) groups excluding carboxylic acids is 2. The summed E-state index contributed by atoms with van der Waals surface area (Å²) in [6.45, 7) is 1.30. The molecule has 3 aliphatic heterocycles. The molecule has 2 amide bonds. The van der Waals surface area contributed by atoms with Crippen LogP contribution in [0.2, 0.25) is 0 Å². The van der Waals surface area contributed by atoms with E-state index in [1.165, 1.54) is 0 Å². The number of amides is 2. The molecule has 5 rings (SSSR count). The molecule has 120 valence electrons. The Bertz CT molecular complexity index is 848. The van der Waals surface area contributed by atoms with Crippen LogP contribution in [-0.4, -0.2) is 29.3 Å². The third kappa shape index (κ3) is 1.49. The number of carbonyl (C=O) groups is 2. The fourth-order valence-corrected chi connectivity index (χ4v) is 4.69. The van der Waals surface area contributed by atoms with E-state index >= 15 is 0 Å². The van der Waals surface area contributed by atoms with Crippen LogP contribution in [0, 0.1) is 0 Å². The maximum atomic E-state index is 13.4. The van der Waals surface area contributed by atoms with Crippen LogP contribution in [0.5, 0.6) is 0 Å². The molecule has 3 aliphatic rings. The van der Waals surface area contributed by atoms with Crippen LogP contribution in [0.1, 0.15) is 24.0 Å². The van der Waals surface area contributed by atoms with Crippen molar-refractivity contribution in [1.29, 1.82) is 0 Å². The molecule has 3 heterocycles. The van der Waals surface area contributed by atoms with Gasteiger partial charge in [-0.2, -0.15) is 0 Å². The van der Waals surface area contributed by atoms with Crippen molar-refractivity contribution in [2.45, 2.75) is 30.8 Å². The topological polar surface area (TPSA) is 40.6 Å². The molecule has 0 bridgehead atoms. The second-order valence-corrected chi connectivity index (χ2v) is 6.86. The first kappa shape index (κ1) is 13.8. The zero-order valence-electron chi connectivity index (χ0n) is 13.3. The van der Waals surface area contributed by atoms with Crippen molar-refractivity contribution in [1.82, 2.24) is 4.90 Å². The smallest absolute Gasteiger partial charge is 0.249 e. The number of β-lactam (4-membered cyclic amide) rings is 1. The van der Waals surface area contributed by atoms with Gasteiger partial charge in [0, 0.05) is 17.8 Å². The lowest BCUT2D eigenvalue weighted by Gasteiger charge is -2.49. The van der Waals surface area contributed by atoms with Gasteiger partial charge in [-0.15, -0.1) is 0 Å². The maximum Gasteiger partial charge on any atom is 0.249 e. The van der Waals surface area contributed by atoms with E-state index in [2.05, 4.69) is 0 Å². The van der Waals surface area contributed by atoms with Crippen molar-refractivity contribution in [3.63, 3.8) is 0 Å². The Labute approximate surface area is 140 Å². The van der Waals surface area contributed by atoms with E-state index in [1.54, 1.807) is 4.90 Å². The second kappa shape index (κ2) is 4.69. The quantitative estimate of drug-likeness (QED) is 0.630. The molecule has 4 heteroatoms. The average Bonchev–Trinajstić information content (AvgIpc) is 3.16. The summed E-state index contributed by atoms with van der Waals surface area (Å²) in [5, 5.41) is 0. The number of benzene rings is 2. The zero-order valence-corrected chi connectivity index (χ0v) is 13.3. The van der Waals surface area contributed by atoms with Gasteiger partial charge in [0.2, 0.25) is 11.8 Å². The third-order valence-corrected chi connectivity index (χ3v) is 5.74. The maximum absolute atomic E-state index is 13.4. The minimum absolute atomic E-state index is 0.00184. The molecule has 4 nitrogen and oxygen atoms in total. The molecule has 0 N–H and O–H groups in total. The molecule has 2 aromatic rings. The molecule has 1 spiro atoms. The first-order chi connectivity index (χ1) is 11.7. The number of hydrogen-bond donors (Lipinski definition) is 0. The third-order valence-electron chi connectivity index (χ3n) is 5.74. The van der Waals surface area contributed by atoms with Crippen LogP contribution in [0.25, 0.3) is 0 Å². The standard InChI is InChI=1S/C20H18N2O2/c23-18-20(17-11-6-12-21(17)18)15-9-4-5-10-16(15)22(19(20)24)13-14-7-2-1-3-8-14/h1-5,7-10,17H,6,11-13H2/t17-,20?/m0/s1. The van der Waals surface area contributed by atoms with Crippen molar-refractivity contribution in [2.24, 2.45) is 0 Å². The van der Waals surface area contributed by atoms with Crippen molar-refractivity contribution < 1.29 is 9.59 Å². The average molecular weight is 318 g/mol. The molecular formula is C20H18N2O2. The number of anilines is 1. The lowest BCUT2D eigenvalue weighted by molar-refractivity contribution is -0.161. The summed E-state index contributed by atoms with van der Waals surface area (Å²) in [5.74, 6) is -0.0429. The summed E-state index contributed by atoms with van der Waals surface area (Å²) >= 11 is 0. The molecule has 1 unspecified atom stereocenters. The molecule has 24 heavy (non-hydrogen) atoms. The van der Waals surface area contributed by atoms with E-state index in [4.69, 9.17) is 0 Å². The molecule has 0 aliphatic carbocycles. The van der Waals surface area contributed by atoms with E-state index in [0.29, 0.717) is 6.54 Å². The van der Waals surface area contributed by atoms with Gasteiger partial charge in [-0.25, -0.2) is 0 Å². The Hall–Kier alpha value is -2.62. The van der Waals surface area contributed by atoms with Crippen LogP contribution in [0.15, 0.2) is 54.6 Å². The van der Waals surface area contributed by atoms with E-state index in [1.807, 2.05) is 59.5 Å². The highest BCUT2D eigenvalue weighted by atomic mass is 16.2. The fourth-order valence-electron chi connectivity index (χ4n) is 4.69. The monoisotopic (exact) mass is 318 g/mol. The molecule has 0 saturated carbocycles. The van der Waals surface area contributed by atoms with Gasteiger partial charge in [-0.3, -0.25) is 9.59 Å². The van der Waals surface area contributed by atoms with E-state index in [9.17, 15) is 9.59 Å². The van der Waals surface area contributed by atoms with Crippen molar-refractivity contribution in [3.8, 4) is 0 Å².